The van der Waals surface area contributed by atoms with Crippen LogP contribution in [0.5, 0.6) is 0 Å². The molecule has 0 bridgehead atoms. The van der Waals surface area contributed by atoms with Crippen LogP contribution in [0.15, 0.2) is 48.0 Å². The molecular formula is C14H15O4P. The standard InChI is InChI=1S/C14H15O4P/c1-17-19(16,18-2)14(15)10-12-8-5-7-11-6-3-4-9-13(11)12/h3-10,15H,1-2H3/b14-10+. The summed E-state index contributed by atoms with van der Waals surface area (Å²) in [5.41, 5.74) is 0.346. The van der Waals surface area contributed by atoms with Gasteiger partial charge in [0.05, 0.1) is 0 Å². The predicted octanol–water partition coefficient (Wildman–Crippen LogP) is 4.18. The third-order valence-electron chi connectivity index (χ3n) is 2.87. The van der Waals surface area contributed by atoms with Gasteiger partial charge in [0, 0.05) is 14.2 Å². The van der Waals surface area contributed by atoms with E-state index in [1.165, 1.54) is 20.3 Å². The largest absolute Gasteiger partial charge is 0.501 e. The van der Waals surface area contributed by atoms with Crippen LogP contribution >= 0.6 is 7.60 Å². The van der Waals surface area contributed by atoms with E-state index >= 15 is 0 Å². The molecule has 1 N–H and O–H groups in total. The molecule has 0 radical (unpaired) electrons. The minimum atomic E-state index is -3.60. The van der Waals surface area contributed by atoms with Crippen molar-refractivity contribution in [2.24, 2.45) is 0 Å². The average molecular weight is 278 g/mol. The van der Waals surface area contributed by atoms with Gasteiger partial charge < -0.3 is 14.2 Å². The van der Waals surface area contributed by atoms with E-state index in [0.29, 0.717) is 0 Å². The summed E-state index contributed by atoms with van der Waals surface area (Å²) < 4.78 is 21.5. The fourth-order valence-corrected chi connectivity index (χ4v) is 2.68. The smallest absolute Gasteiger partial charge is 0.394 e. The highest BCUT2D eigenvalue weighted by atomic mass is 31.2. The van der Waals surface area contributed by atoms with Crippen molar-refractivity contribution in [3.05, 3.63) is 53.5 Å². The molecule has 0 atom stereocenters. The maximum absolute atomic E-state index is 12.0. The zero-order chi connectivity index (χ0) is 13.9. The highest BCUT2D eigenvalue weighted by Gasteiger charge is 2.27. The van der Waals surface area contributed by atoms with E-state index in [-0.39, 0.29) is 0 Å². The predicted molar refractivity (Wildman–Crippen MR) is 76.2 cm³/mol. The quantitative estimate of drug-likeness (QED) is 0.673. The van der Waals surface area contributed by atoms with Gasteiger partial charge >= 0.3 is 7.60 Å². The zero-order valence-electron chi connectivity index (χ0n) is 10.7. The van der Waals surface area contributed by atoms with Crippen molar-refractivity contribution in [3.63, 3.8) is 0 Å². The van der Waals surface area contributed by atoms with Gasteiger partial charge in [-0.3, -0.25) is 4.57 Å². The maximum Gasteiger partial charge on any atom is 0.394 e. The van der Waals surface area contributed by atoms with E-state index in [0.717, 1.165) is 16.3 Å². The summed E-state index contributed by atoms with van der Waals surface area (Å²) in [4.78, 5) is 0. The lowest BCUT2D eigenvalue weighted by atomic mass is 10.0. The highest BCUT2D eigenvalue weighted by Crippen LogP contribution is 2.53. The molecule has 100 valence electrons. The number of benzene rings is 2. The number of hydrogen-bond donors (Lipinski definition) is 1. The molecule has 0 amide bonds. The molecule has 4 nitrogen and oxygen atoms in total. The number of rotatable bonds is 4. The SMILES string of the molecule is COP(=O)(OC)/C(O)=C/c1cccc2ccccc12. The molecule has 0 aromatic heterocycles. The van der Waals surface area contributed by atoms with E-state index in [4.69, 9.17) is 9.05 Å². The van der Waals surface area contributed by atoms with Gasteiger partial charge in [0.2, 0.25) is 5.50 Å². The van der Waals surface area contributed by atoms with E-state index in [1.54, 1.807) is 0 Å². The Labute approximate surface area is 111 Å². The minimum absolute atomic E-state index is 0.408. The van der Waals surface area contributed by atoms with Crippen LogP contribution in [0, 0.1) is 0 Å². The molecule has 0 fully saturated rings. The van der Waals surface area contributed by atoms with Gasteiger partial charge in [-0.05, 0) is 22.4 Å². The Hall–Kier alpha value is -1.61. The molecule has 0 heterocycles. The highest BCUT2D eigenvalue weighted by molar-refractivity contribution is 7.58. The molecule has 2 rings (SSSR count). The first-order valence-corrected chi connectivity index (χ1v) is 7.25. The van der Waals surface area contributed by atoms with Crippen molar-refractivity contribution in [1.29, 1.82) is 0 Å². The second-order valence-electron chi connectivity index (χ2n) is 3.93. The molecule has 0 unspecified atom stereocenters. The van der Waals surface area contributed by atoms with E-state index in [9.17, 15) is 9.67 Å². The Morgan fingerprint density at radius 3 is 2.42 bits per heavy atom. The Morgan fingerprint density at radius 2 is 1.74 bits per heavy atom. The first kappa shape index (κ1) is 13.8. The third kappa shape index (κ3) is 2.71. The van der Waals surface area contributed by atoms with Crippen LogP contribution < -0.4 is 0 Å². The van der Waals surface area contributed by atoms with Crippen molar-refractivity contribution in [3.8, 4) is 0 Å². The third-order valence-corrected chi connectivity index (χ3v) is 4.52. The van der Waals surface area contributed by atoms with Gasteiger partial charge in [0.15, 0.2) is 0 Å². The lowest BCUT2D eigenvalue weighted by Crippen LogP contribution is -1.92. The van der Waals surface area contributed by atoms with Crippen LogP contribution in [-0.4, -0.2) is 19.3 Å². The van der Waals surface area contributed by atoms with Crippen molar-refractivity contribution in [2.75, 3.05) is 14.2 Å². The summed E-state index contributed by atoms with van der Waals surface area (Å²) in [7, 11) is -1.13. The van der Waals surface area contributed by atoms with Gasteiger partial charge in [-0.2, -0.15) is 0 Å². The Kier molecular flexibility index (Phi) is 4.05. The molecule has 5 heteroatoms. The van der Waals surface area contributed by atoms with E-state index < -0.39 is 13.1 Å². The van der Waals surface area contributed by atoms with Crippen LogP contribution in [0.3, 0.4) is 0 Å². The zero-order valence-corrected chi connectivity index (χ0v) is 11.6. The van der Waals surface area contributed by atoms with Gasteiger partial charge in [-0.1, -0.05) is 42.5 Å². The van der Waals surface area contributed by atoms with E-state index in [2.05, 4.69) is 0 Å². The van der Waals surface area contributed by atoms with Crippen molar-refractivity contribution in [2.45, 2.75) is 0 Å². The fourth-order valence-electron chi connectivity index (χ4n) is 1.86. The molecular weight excluding hydrogens is 263 g/mol. The molecule has 19 heavy (non-hydrogen) atoms. The lowest BCUT2D eigenvalue weighted by Gasteiger charge is -2.12. The van der Waals surface area contributed by atoms with E-state index in [1.807, 2.05) is 42.5 Å². The van der Waals surface area contributed by atoms with Crippen molar-refractivity contribution < 1.29 is 18.7 Å². The van der Waals surface area contributed by atoms with Gasteiger partial charge in [-0.25, -0.2) is 0 Å². The first-order chi connectivity index (χ1) is 9.10. The fraction of sp³-hybridized carbons (Fsp3) is 0.143. The lowest BCUT2D eigenvalue weighted by molar-refractivity contribution is 0.262. The molecule has 2 aromatic rings. The molecule has 2 aromatic carbocycles. The van der Waals surface area contributed by atoms with Gasteiger partial charge in [0.1, 0.15) is 0 Å². The summed E-state index contributed by atoms with van der Waals surface area (Å²) in [5, 5.41) is 11.9. The van der Waals surface area contributed by atoms with Gasteiger partial charge in [-0.15, -0.1) is 0 Å². The second-order valence-corrected chi connectivity index (χ2v) is 6.12. The number of hydrogen-bond acceptors (Lipinski definition) is 4. The summed E-state index contributed by atoms with van der Waals surface area (Å²) in [6.45, 7) is 0. The van der Waals surface area contributed by atoms with Crippen LogP contribution in [0.4, 0.5) is 0 Å². The summed E-state index contributed by atoms with van der Waals surface area (Å²) in [5.74, 6) is 0. The Balaban J connectivity index is 2.54. The number of aliphatic hydroxyl groups excluding tert-OH is 1. The molecule has 0 aliphatic carbocycles. The molecule has 0 saturated carbocycles. The second kappa shape index (κ2) is 5.57. The topological polar surface area (TPSA) is 55.8 Å². The molecule has 0 saturated heterocycles. The van der Waals surface area contributed by atoms with Crippen molar-refractivity contribution >= 4 is 24.4 Å². The monoisotopic (exact) mass is 278 g/mol. The van der Waals surface area contributed by atoms with Crippen LogP contribution in [0.1, 0.15) is 5.56 Å². The van der Waals surface area contributed by atoms with Gasteiger partial charge in [0.25, 0.3) is 0 Å². The van der Waals surface area contributed by atoms with Crippen LogP contribution in [0.2, 0.25) is 0 Å². The average Bonchev–Trinajstić information content (AvgIpc) is 2.46. The normalized spacial score (nSPS) is 12.8. The van der Waals surface area contributed by atoms with Crippen LogP contribution in [-0.2, 0) is 13.6 Å². The summed E-state index contributed by atoms with van der Waals surface area (Å²) in [6, 6.07) is 13.4. The van der Waals surface area contributed by atoms with Crippen molar-refractivity contribution in [1.82, 2.24) is 0 Å². The van der Waals surface area contributed by atoms with Crippen LogP contribution in [0.25, 0.3) is 16.8 Å². The summed E-state index contributed by atoms with van der Waals surface area (Å²) >= 11 is 0. The molecule has 0 spiro atoms. The molecule has 0 aliphatic heterocycles. The Morgan fingerprint density at radius 1 is 1.11 bits per heavy atom. The minimum Gasteiger partial charge on any atom is -0.501 e. The maximum atomic E-state index is 12.0. The number of fused-ring (bicyclic) bond motifs is 1. The first-order valence-electron chi connectivity index (χ1n) is 5.71. The summed E-state index contributed by atoms with van der Waals surface area (Å²) in [6.07, 6.45) is 1.41. The Bertz CT molecular complexity index is 650. The molecule has 0 aliphatic rings. The number of aliphatic hydroxyl groups is 1.